The Labute approximate surface area is 140 Å². The van der Waals surface area contributed by atoms with Crippen LogP contribution in [0.3, 0.4) is 0 Å². The van der Waals surface area contributed by atoms with Crippen LogP contribution >= 0.6 is 0 Å². The molecule has 2 aromatic carbocycles. The number of benzene rings is 2. The minimum Gasteiger partial charge on any atom is -0.444 e. The van der Waals surface area contributed by atoms with Crippen molar-refractivity contribution in [3.8, 4) is 0 Å². The van der Waals surface area contributed by atoms with E-state index >= 15 is 0 Å². The summed E-state index contributed by atoms with van der Waals surface area (Å²) in [7, 11) is -4.10. The van der Waals surface area contributed by atoms with Crippen LogP contribution in [0, 0.1) is 0 Å². The Morgan fingerprint density at radius 2 is 1.62 bits per heavy atom. The van der Waals surface area contributed by atoms with Gasteiger partial charge in [0.2, 0.25) is 0 Å². The van der Waals surface area contributed by atoms with Gasteiger partial charge in [-0.05, 0) is 17.5 Å². The Morgan fingerprint density at radius 3 is 2.25 bits per heavy atom. The van der Waals surface area contributed by atoms with E-state index in [0.717, 1.165) is 11.1 Å². The lowest BCUT2D eigenvalue weighted by Gasteiger charge is -2.20. The second-order valence-corrected chi connectivity index (χ2v) is 6.91. The van der Waals surface area contributed by atoms with Gasteiger partial charge in [-0.2, -0.15) is 12.7 Å². The summed E-state index contributed by atoms with van der Waals surface area (Å²) < 4.78 is 34.7. The molecule has 0 N–H and O–H groups in total. The zero-order chi connectivity index (χ0) is 17.0. The SMILES string of the molecule is O=C(OCc1ccccc1)N1[C@@H](Cc2ccccc2)COS1(=O)=O. The number of ether oxygens (including phenoxy) is 1. The summed E-state index contributed by atoms with van der Waals surface area (Å²) in [6, 6.07) is 17.8. The fourth-order valence-electron chi connectivity index (χ4n) is 2.52. The van der Waals surface area contributed by atoms with Crippen LogP contribution in [0.1, 0.15) is 11.1 Å². The quantitative estimate of drug-likeness (QED) is 0.850. The van der Waals surface area contributed by atoms with Crippen LogP contribution in [0.5, 0.6) is 0 Å². The van der Waals surface area contributed by atoms with Gasteiger partial charge in [-0.3, -0.25) is 4.18 Å². The first-order valence-corrected chi connectivity index (χ1v) is 8.86. The first-order chi connectivity index (χ1) is 11.6. The van der Waals surface area contributed by atoms with Gasteiger partial charge >= 0.3 is 16.4 Å². The van der Waals surface area contributed by atoms with Gasteiger partial charge in [0.15, 0.2) is 0 Å². The molecule has 1 heterocycles. The average molecular weight is 347 g/mol. The molecule has 0 saturated carbocycles. The normalized spacial score (nSPS) is 19.2. The van der Waals surface area contributed by atoms with E-state index in [1.54, 1.807) is 12.1 Å². The van der Waals surface area contributed by atoms with Crippen molar-refractivity contribution in [1.82, 2.24) is 4.31 Å². The molecule has 0 aromatic heterocycles. The van der Waals surface area contributed by atoms with Crippen molar-refractivity contribution in [2.75, 3.05) is 6.61 Å². The van der Waals surface area contributed by atoms with E-state index in [9.17, 15) is 13.2 Å². The molecule has 0 aliphatic carbocycles. The van der Waals surface area contributed by atoms with Crippen molar-refractivity contribution in [1.29, 1.82) is 0 Å². The first kappa shape index (κ1) is 16.5. The molecular weight excluding hydrogens is 330 g/mol. The largest absolute Gasteiger partial charge is 0.444 e. The van der Waals surface area contributed by atoms with Gasteiger partial charge in [0.05, 0.1) is 12.6 Å². The molecule has 6 nitrogen and oxygen atoms in total. The molecule has 1 atom stereocenters. The average Bonchev–Trinajstić information content (AvgIpc) is 2.89. The highest BCUT2D eigenvalue weighted by Crippen LogP contribution is 2.23. The lowest BCUT2D eigenvalue weighted by molar-refractivity contribution is 0.113. The molecule has 3 rings (SSSR count). The summed E-state index contributed by atoms with van der Waals surface area (Å²) in [5, 5.41) is 0. The third kappa shape index (κ3) is 3.74. The summed E-state index contributed by atoms with van der Waals surface area (Å²) in [5.74, 6) is 0. The first-order valence-electron chi connectivity index (χ1n) is 7.49. The highest BCUT2D eigenvalue weighted by atomic mass is 32.2. The number of amides is 1. The predicted molar refractivity (Wildman–Crippen MR) is 87.3 cm³/mol. The molecule has 0 unspecified atom stereocenters. The van der Waals surface area contributed by atoms with Crippen molar-refractivity contribution >= 4 is 16.4 Å². The Bertz CT molecular complexity index is 792. The van der Waals surface area contributed by atoms with Crippen molar-refractivity contribution < 1.29 is 22.1 Å². The highest BCUT2D eigenvalue weighted by molar-refractivity contribution is 7.85. The van der Waals surface area contributed by atoms with Crippen LogP contribution < -0.4 is 0 Å². The number of hydrogen-bond donors (Lipinski definition) is 0. The van der Waals surface area contributed by atoms with Crippen LogP contribution in [0.2, 0.25) is 0 Å². The summed E-state index contributed by atoms with van der Waals surface area (Å²) in [4.78, 5) is 12.3. The predicted octanol–water partition coefficient (Wildman–Crippen LogP) is 2.51. The second kappa shape index (κ2) is 7.02. The number of hydrogen-bond acceptors (Lipinski definition) is 5. The number of rotatable bonds is 4. The standard InChI is InChI=1S/C17H17NO5S/c19-17(22-12-15-9-5-2-6-10-15)18-16(13-23-24(18,20)21)11-14-7-3-1-4-8-14/h1-10,16H,11-13H2/t16-/m0/s1. The fraction of sp³-hybridized carbons (Fsp3) is 0.235. The molecule has 126 valence electrons. The molecule has 1 amide bonds. The van der Waals surface area contributed by atoms with Crippen LogP contribution in [0.15, 0.2) is 60.7 Å². The van der Waals surface area contributed by atoms with Crippen LogP contribution in [0.4, 0.5) is 4.79 Å². The van der Waals surface area contributed by atoms with E-state index in [2.05, 4.69) is 0 Å². The molecule has 7 heteroatoms. The highest BCUT2D eigenvalue weighted by Gasteiger charge is 2.43. The summed E-state index contributed by atoms with van der Waals surface area (Å²) in [6.07, 6.45) is -0.544. The van der Waals surface area contributed by atoms with Gasteiger partial charge in [-0.1, -0.05) is 60.7 Å². The third-order valence-corrected chi connectivity index (χ3v) is 5.04. The van der Waals surface area contributed by atoms with Crippen molar-refractivity contribution in [3.05, 3.63) is 71.8 Å². The number of carbonyl (C=O) groups is 1. The second-order valence-electron chi connectivity index (χ2n) is 5.42. The van der Waals surface area contributed by atoms with E-state index in [-0.39, 0.29) is 13.2 Å². The zero-order valence-electron chi connectivity index (χ0n) is 12.9. The molecule has 1 aliphatic heterocycles. The van der Waals surface area contributed by atoms with E-state index in [1.165, 1.54) is 0 Å². The molecule has 1 saturated heterocycles. The van der Waals surface area contributed by atoms with Gasteiger partial charge < -0.3 is 4.74 Å². The van der Waals surface area contributed by atoms with Gasteiger partial charge in [0, 0.05) is 0 Å². The van der Waals surface area contributed by atoms with Crippen molar-refractivity contribution in [2.24, 2.45) is 0 Å². The summed E-state index contributed by atoms with van der Waals surface area (Å²) in [5.41, 5.74) is 1.70. The van der Waals surface area contributed by atoms with Crippen molar-refractivity contribution in [3.63, 3.8) is 0 Å². The molecule has 1 fully saturated rings. The van der Waals surface area contributed by atoms with Crippen molar-refractivity contribution in [2.45, 2.75) is 19.1 Å². The monoisotopic (exact) mass is 347 g/mol. The van der Waals surface area contributed by atoms with E-state index in [4.69, 9.17) is 8.92 Å². The molecule has 0 radical (unpaired) electrons. The van der Waals surface area contributed by atoms with Gasteiger partial charge in [-0.15, -0.1) is 0 Å². The molecular formula is C17H17NO5S. The smallest absolute Gasteiger partial charge is 0.426 e. The van der Waals surface area contributed by atoms with Crippen LogP contribution in [-0.4, -0.2) is 31.5 Å². The third-order valence-electron chi connectivity index (χ3n) is 3.68. The lowest BCUT2D eigenvalue weighted by Crippen LogP contribution is -2.40. The maximum Gasteiger partial charge on any atom is 0.426 e. The van der Waals surface area contributed by atoms with E-state index in [1.807, 2.05) is 48.5 Å². The maximum absolute atomic E-state index is 12.3. The molecule has 0 spiro atoms. The number of carbonyl (C=O) groups excluding carboxylic acids is 1. The fourth-order valence-corrected chi connectivity index (χ4v) is 3.70. The number of nitrogens with zero attached hydrogens (tertiary/aromatic N) is 1. The van der Waals surface area contributed by atoms with E-state index in [0.29, 0.717) is 10.7 Å². The van der Waals surface area contributed by atoms with Crippen LogP contribution in [0.25, 0.3) is 0 Å². The minimum atomic E-state index is -4.10. The van der Waals surface area contributed by atoms with Crippen LogP contribution in [-0.2, 0) is 32.3 Å². The lowest BCUT2D eigenvalue weighted by atomic mass is 10.1. The molecule has 1 aliphatic rings. The van der Waals surface area contributed by atoms with Gasteiger partial charge in [0.25, 0.3) is 0 Å². The summed E-state index contributed by atoms with van der Waals surface area (Å²) in [6.45, 7) is -0.0680. The molecule has 2 aromatic rings. The molecule has 0 bridgehead atoms. The summed E-state index contributed by atoms with van der Waals surface area (Å²) >= 11 is 0. The zero-order valence-corrected chi connectivity index (χ0v) is 13.7. The van der Waals surface area contributed by atoms with Gasteiger partial charge in [0.1, 0.15) is 6.61 Å². The maximum atomic E-state index is 12.3. The van der Waals surface area contributed by atoms with E-state index < -0.39 is 22.4 Å². The Balaban J connectivity index is 1.70. The molecule has 24 heavy (non-hydrogen) atoms. The Hall–Kier alpha value is -2.38. The topological polar surface area (TPSA) is 72.9 Å². The van der Waals surface area contributed by atoms with Gasteiger partial charge in [-0.25, -0.2) is 4.79 Å². The Morgan fingerprint density at radius 1 is 1.04 bits per heavy atom. The Kier molecular flexibility index (Phi) is 4.82. The minimum absolute atomic E-state index is 0.00372.